The van der Waals surface area contributed by atoms with E-state index in [1.807, 2.05) is 7.05 Å². The molecule has 1 N–H and O–H groups in total. The van der Waals surface area contributed by atoms with E-state index in [4.69, 9.17) is 0 Å². The number of guanidine groups is 1. The van der Waals surface area contributed by atoms with Crippen LogP contribution in [0.4, 0.5) is 0 Å². The van der Waals surface area contributed by atoms with Gasteiger partial charge in [0.15, 0.2) is 5.96 Å². The molecule has 1 rings (SSSR count). The molecule has 0 saturated carbocycles. The summed E-state index contributed by atoms with van der Waals surface area (Å²) in [5.41, 5.74) is 1.24. The molecule has 21 heavy (non-hydrogen) atoms. The third kappa shape index (κ3) is 6.56. The standard InChI is InChI=1S/C14H26BrN5.HI/c1-11(18(3)4)8-17-14(16-2)20(6)10-13-7-12(15)9-19(13)5;/h7,9,11H,8,10H2,1-6H3,(H,16,17);1H. The average Bonchev–Trinajstić information content (AvgIpc) is 2.68. The molecule has 0 saturated heterocycles. The van der Waals surface area contributed by atoms with Crippen LogP contribution in [0.5, 0.6) is 0 Å². The second kappa shape index (κ2) is 9.68. The Balaban J connectivity index is 0.00000400. The summed E-state index contributed by atoms with van der Waals surface area (Å²) in [7, 11) is 10.1. The van der Waals surface area contributed by atoms with Gasteiger partial charge in [-0.15, -0.1) is 24.0 Å². The lowest BCUT2D eigenvalue weighted by atomic mass is 10.3. The van der Waals surface area contributed by atoms with Crippen LogP contribution in [0, 0.1) is 0 Å². The Morgan fingerprint density at radius 2 is 2.05 bits per heavy atom. The number of hydrogen-bond donors (Lipinski definition) is 1. The molecule has 1 atom stereocenters. The highest BCUT2D eigenvalue weighted by Crippen LogP contribution is 2.14. The third-order valence-corrected chi connectivity index (χ3v) is 3.92. The van der Waals surface area contributed by atoms with Crippen molar-refractivity contribution in [3.63, 3.8) is 0 Å². The fourth-order valence-corrected chi connectivity index (χ4v) is 2.42. The minimum atomic E-state index is 0. The van der Waals surface area contributed by atoms with Gasteiger partial charge in [0.05, 0.1) is 6.54 Å². The van der Waals surface area contributed by atoms with Gasteiger partial charge in [-0.2, -0.15) is 0 Å². The number of aliphatic imine (C=N–C) groups is 1. The van der Waals surface area contributed by atoms with Crippen molar-refractivity contribution in [1.82, 2.24) is 19.7 Å². The van der Waals surface area contributed by atoms with Crippen molar-refractivity contribution < 1.29 is 0 Å². The Hall–Kier alpha value is -0.280. The number of likely N-dealkylation sites (N-methyl/N-ethyl adjacent to an activating group) is 1. The number of nitrogens with one attached hydrogen (secondary N) is 1. The number of halogens is 2. The molecule has 1 aromatic rings. The van der Waals surface area contributed by atoms with E-state index in [9.17, 15) is 0 Å². The molecule has 122 valence electrons. The molecule has 0 aromatic carbocycles. The summed E-state index contributed by atoms with van der Waals surface area (Å²) < 4.78 is 3.23. The summed E-state index contributed by atoms with van der Waals surface area (Å²) in [5.74, 6) is 0.913. The third-order valence-electron chi connectivity index (χ3n) is 3.48. The Bertz CT molecular complexity index is 458. The van der Waals surface area contributed by atoms with Gasteiger partial charge >= 0.3 is 0 Å². The molecule has 1 unspecified atom stereocenters. The first-order chi connectivity index (χ1) is 9.35. The molecule has 0 radical (unpaired) electrons. The predicted molar refractivity (Wildman–Crippen MR) is 105 cm³/mol. The maximum atomic E-state index is 4.34. The summed E-state index contributed by atoms with van der Waals surface area (Å²) >= 11 is 3.50. The number of aromatic nitrogens is 1. The largest absolute Gasteiger partial charge is 0.355 e. The lowest BCUT2D eigenvalue weighted by Crippen LogP contribution is -2.44. The number of hydrogen-bond acceptors (Lipinski definition) is 2. The Labute approximate surface area is 153 Å². The molecule has 0 spiro atoms. The number of nitrogens with zero attached hydrogens (tertiary/aromatic N) is 4. The molecular weight excluding hydrogens is 445 g/mol. The van der Waals surface area contributed by atoms with Crippen molar-refractivity contribution in [1.29, 1.82) is 0 Å². The van der Waals surface area contributed by atoms with Crippen LogP contribution in [0.25, 0.3) is 0 Å². The topological polar surface area (TPSA) is 35.8 Å². The van der Waals surface area contributed by atoms with Gasteiger partial charge in [0.2, 0.25) is 0 Å². The molecule has 0 fully saturated rings. The zero-order valence-corrected chi connectivity index (χ0v) is 17.6. The van der Waals surface area contributed by atoms with Crippen LogP contribution in [0.15, 0.2) is 21.7 Å². The highest BCUT2D eigenvalue weighted by Gasteiger charge is 2.11. The second-order valence-corrected chi connectivity index (χ2v) is 6.27. The Morgan fingerprint density at radius 3 is 2.48 bits per heavy atom. The zero-order chi connectivity index (χ0) is 15.3. The van der Waals surface area contributed by atoms with E-state index in [0.717, 1.165) is 23.5 Å². The van der Waals surface area contributed by atoms with Crippen LogP contribution in [0.3, 0.4) is 0 Å². The van der Waals surface area contributed by atoms with E-state index in [2.05, 4.69) is 88.0 Å². The van der Waals surface area contributed by atoms with Crippen molar-refractivity contribution in [2.45, 2.75) is 19.5 Å². The van der Waals surface area contributed by atoms with Crippen molar-refractivity contribution in [2.24, 2.45) is 12.0 Å². The van der Waals surface area contributed by atoms with Crippen LogP contribution in [-0.4, -0.2) is 61.1 Å². The highest BCUT2D eigenvalue weighted by molar-refractivity contribution is 14.0. The van der Waals surface area contributed by atoms with Crippen molar-refractivity contribution >= 4 is 45.9 Å². The van der Waals surface area contributed by atoms with Crippen LogP contribution >= 0.6 is 39.9 Å². The predicted octanol–water partition coefficient (Wildman–Crippen LogP) is 2.36. The maximum absolute atomic E-state index is 4.34. The second-order valence-electron chi connectivity index (χ2n) is 5.36. The van der Waals surface area contributed by atoms with Gasteiger partial charge in [-0.25, -0.2) is 0 Å². The maximum Gasteiger partial charge on any atom is 0.193 e. The van der Waals surface area contributed by atoms with Gasteiger partial charge < -0.3 is 19.7 Å². The Morgan fingerprint density at radius 1 is 1.43 bits per heavy atom. The summed E-state index contributed by atoms with van der Waals surface area (Å²) in [5, 5.41) is 3.41. The fraction of sp³-hybridized carbons (Fsp3) is 0.643. The smallest absolute Gasteiger partial charge is 0.193 e. The van der Waals surface area contributed by atoms with Crippen molar-refractivity contribution in [2.75, 3.05) is 34.7 Å². The van der Waals surface area contributed by atoms with Crippen molar-refractivity contribution in [3.8, 4) is 0 Å². The van der Waals surface area contributed by atoms with Gasteiger partial charge in [-0.05, 0) is 43.0 Å². The van der Waals surface area contributed by atoms with E-state index < -0.39 is 0 Å². The van der Waals surface area contributed by atoms with Crippen LogP contribution in [-0.2, 0) is 13.6 Å². The SMILES string of the molecule is CN=C(NCC(C)N(C)C)N(C)Cc1cc(Br)cn1C.I. The van der Waals surface area contributed by atoms with Gasteiger partial charge in [0, 0.05) is 50.1 Å². The van der Waals surface area contributed by atoms with E-state index in [1.165, 1.54) is 5.69 Å². The van der Waals surface area contributed by atoms with Gasteiger partial charge in [0.25, 0.3) is 0 Å². The summed E-state index contributed by atoms with van der Waals surface area (Å²) in [6.07, 6.45) is 2.06. The van der Waals surface area contributed by atoms with E-state index in [-0.39, 0.29) is 24.0 Å². The van der Waals surface area contributed by atoms with Crippen molar-refractivity contribution in [3.05, 3.63) is 22.4 Å². The summed E-state index contributed by atoms with van der Waals surface area (Å²) in [6, 6.07) is 2.59. The van der Waals surface area contributed by atoms with E-state index >= 15 is 0 Å². The molecule has 0 aliphatic heterocycles. The Kier molecular flexibility index (Phi) is 9.55. The van der Waals surface area contributed by atoms with E-state index in [1.54, 1.807) is 0 Å². The molecule has 5 nitrogen and oxygen atoms in total. The van der Waals surface area contributed by atoms with Crippen LogP contribution < -0.4 is 5.32 Å². The fourth-order valence-electron chi connectivity index (χ4n) is 1.85. The first kappa shape index (κ1) is 20.7. The monoisotopic (exact) mass is 471 g/mol. The minimum absolute atomic E-state index is 0. The van der Waals surface area contributed by atoms with Gasteiger partial charge in [0.1, 0.15) is 0 Å². The number of rotatable bonds is 5. The molecule has 1 aromatic heterocycles. The summed E-state index contributed by atoms with van der Waals surface area (Å²) in [4.78, 5) is 8.66. The van der Waals surface area contributed by atoms with Crippen LogP contribution in [0.2, 0.25) is 0 Å². The first-order valence-corrected chi connectivity index (χ1v) is 7.53. The van der Waals surface area contributed by atoms with Gasteiger partial charge in [-0.1, -0.05) is 0 Å². The molecule has 7 heteroatoms. The molecule has 0 bridgehead atoms. The number of aryl methyl sites for hydroxylation is 1. The highest BCUT2D eigenvalue weighted by atomic mass is 127. The first-order valence-electron chi connectivity index (χ1n) is 6.74. The van der Waals surface area contributed by atoms with Crippen LogP contribution in [0.1, 0.15) is 12.6 Å². The lowest BCUT2D eigenvalue weighted by Gasteiger charge is -2.26. The van der Waals surface area contributed by atoms with Gasteiger partial charge in [-0.3, -0.25) is 4.99 Å². The van der Waals surface area contributed by atoms with E-state index in [0.29, 0.717) is 6.04 Å². The average molecular weight is 472 g/mol. The zero-order valence-electron chi connectivity index (χ0n) is 13.7. The molecular formula is C14H27BrIN5. The minimum Gasteiger partial charge on any atom is -0.355 e. The normalized spacial score (nSPS) is 13.0. The summed E-state index contributed by atoms with van der Waals surface area (Å²) in [6.45, 7) is 3.88. The lowest BCUT2D eigenvalue weighted by molar-refractivity contribution is 0.309. The molecule has 0 aliphatic rings. The molecule has 1 heterocycles. The molecule has 0 amide bonds. The molecule has 0 aliphatic carbocycles. The quantitative estimate of drug-likeness (QED) is 0.407.